The molecule has 3 rings (SSSR count). The molecule has 0 aliphatic carbocycles. The smallest absolute Gasteiger partial charge is 0.229 e. The molecule has 0 radical (unpaired) electrons. The quantitative estimate of drug-likeness (QED) is 0.181. The number of aliphatic hydroxyl groups excluding tert-OH is 1. The highest BCUT2D eigenvalue weighted by molar-refractivity contribution is 7.92. The van der Waals surface area contributed by atoms with Crippen LogP contribution in [0.5, 0.6) is 11.5 Å². The predicted molar refractivity (Wildman–Crippen MR) is 152 cm³/mol. The Morgan fingerprint density at radius 1 is 1.03 bits per heavy atom. The molecule has 6 N–H and O–H groups in total. The summed E-state index contributed by atoms with van der Waals surface area (Å²) >= 11 is 6.10. The van der Waals surface area contributed by atoms with Crippen LogP contribution in [-0.4, -0.2) is 48.0 Å². The normalized spacial score (nSPS) is 12.6. The molecule has 0 unspecified atom stereocenters. The van der Waals surface area contributed by atoms with Crippen LogP contribution in [0.25, 0.3) is 0 Å². The van der Waals surface area contributed by atoms with Gasteiger partial charge in [0, 0.05) is 23.7 Å². The second kappa shape index (κ2) is 12.7. The van der Waals surface area contributed by atoms with Gasteiger partial charge in [0.05, 0.1) is 24.5 Å². The van der Waals surface area contributed by atoms with E-state index in [4.69, 9.17) is 11.6 Å². The largest absolute Gasteiger partial charge is 0.508 e. The van der Waals surface area contributed by atoms with E-state index in [9.17, 15) is 28.5 Å². The number of benzene rings is 3. The summed E-state index contributed by atoms with van der Waals surface area (Å²) in [5, 5.41) is 36.6. The highest BCUT2D eigenvalue weighted by atomic mass is 35.5. The van der Waals surface area contributed by atoms with Crippen LogP contribution in [0.4, 0.5) is 5.69 Å². The minimum absolute atomic E-state index is 0.000301. The maximum absolute atomic E-state index is 12.5. The second-order valence-corrected chi connectivity index (χ2v) is 12.3. The van der Waals surface area contributed by atoms with E-state index in [1.165, 1.54) is 30.3 Å². The summed E-state index contributed by atoms with van der Waals surface area (Å²) in [5.74, 6) is -0.326. The third kappa shape index (κ3) is 9.74. The Bertz CT molecular complexity index is 1430. The number of anilines is 1. The van der Waals surface area contributed by atoms with Crippen LogP contribution in [0.15, 0.2) is 60.7 Å². The molecule has 11 heteroatoms. The van der Waals surface area contributed by atoms with E-state index < -0.39 is 21.7 Å². The number of sulfonamides is 1. The molecule has 0 bridgehead atoms. The van der Waals surface area contributed by atoms with Crippen LogP contribution in [0.3, 0.4) is 0 Å². The number of aliphatic hydroxyl groups is 1. The number of phenolic OH excluding ortho intramolecular Hbond substituents is 2. The third-order valence-electron chi connectivity index (χ3n) is 5.99. The van der Waals surface area contributed by atoms with Crippen LogP contribution in [0.2, 0.25) is 5.02 Å². The first-order valence-corrected chi connectivity index (χ1v) is 14.5. The number of hydrogen-bond donors (Lipinski definition) is 6. The van der Waals surface area contributed by atoms with Crippen molar-refractivity contribution in [2.45, 2.75) is 44.9 Å². The van der Waals surface area contributed by atoms with Crippen molar-refractivity contribution in [2.75, 3.05) is 17.5 Å². The van der Waals surface area contributed by atoms with Gasteiger partial charge < -0.3 is 26.0 Å². The molecule has 210 valence electrons. The predicted octanol–water partition coefficient (Wildman–Crippen LogP) is 3.63. The van der Waals surface area contributed by atoms with Crippen molar-refractivity contribution in [1.29, 1.82) is 0 Å². The second-order valence-electron chi connectivity index (χ2n) is 10.2. The number of amides is 1. The number of phenols is 2. The summed E-state index contributed by atoms with van der Waals surface area (Å²) < 4.78 is 25.3. The minimum atomic E-state index is -3.59. The van der Waals surface area contributed by atoms with E-state index in [2.05, 4.69) is 15.4 Å². The molecule has 1 amide bonds. The number of carbonyl (C=O) groups excluding carboxylic acids is 1. The van der Waals surface area contributed by atoms with Crippen LogP contribution < -0.4 is 15.4 Å². The molecule has 0 aromatic heterocycles. The Kier molecular flexibility index (Phi) is 9.84. The lowest BCUT2D eigenvalue weighted by Gasteiger charge is -2.28. The molecule has 0 saturated carbocycles. The average Bonchev–Trinajstić information content (AvgIpc) is 2.82. The molecular weight excluding hydrogens is 542 g/mol. The van der Waals surface area contributed by atoms with Gasteiger partial charge in [-0.05, 0) is 66.8 Å². The first kappa shape index (κ1) is 30.2. The van der Waals surface area contributed by atoms with Crippen molar-refractivity contribution in [3.8, 4) is 11.5 Å². The zero-order valence-corrected chi connectivity index (χ0v) is 23.6. The Hall–Kier alpha value is -3.31. The lowest BCUT2D eigenvalue weighted by molar-refractivity contribution is -0.120. The van der Waals surface area contributed by atoms with E-state index in [0.717, 1.165) is 17.4 Å². The highest BCUT2D eigenvalue weighted by Crippen LogP contribution is 2.28. The molecule has 3 aromatic carbocycles. The number of rotatable bonds is 12. The minimum Gasteiger partial charge on any atom is -0.508 e. The van der Waals surface area contributed by atoms with Crippen molar-refractivity contribution in [3.05, 3.63) is 87.9 Å². The van der Waals surface area contributed by atoms with E-state index >= 15 is 0 Å². The van der Waals surface area contributed by atoms with Crippen LogP contribution in [-0.2, 0) is 34.2 Å². The van der Waals surface area contributed by atoms with Gasteiger partial charge in [-0.2, -0.15) is 0 Å². The maximum Gasteiger partial charge on any atom is 0.229 e. The molecule has 39 heavy (non-hydrogen) atoms. The number of β-amino-alcohol motifs (C(OH)–C–C–N with tert-alkyl or cyclic N) is 1. The Morgan fingerprint density at radius 2 is 1.74 bits per heavy atom. The van der Waals surface area contributed by atoms with Gasteiger partial charge in [-0.15, -0.1) is 0 Å². The average molecular weight is 576 g/mol. The van der Waals surface area contributed by atoms with E-state index in [-0.39, 0.29) is 42.6 Å². The SMILES string of the molecule is CC(C)(Cc1cccc(CC(=O)NCc2ccc(O)cc2Cl)c1)NC[C@H](O)c1ccc(O)c(NS(C)(=O)=O)c1. The standard InChI is InChI=1S/C28H34ClN3O6S/c1-28(2,31-17-26(35)20-8-10-25(34)24(13-20)32-39(3,37)38)15-19-6-4-5-18(11-19)12-27(36)30-16-21-7-9-22(33)14-23(21)29/h4-11,13-14,26,31-35H,12,15-17H2,1-3H3,(H,30,36)/t26-/m0/s1. The van der Waals surface area contributed by atoms with Crippen molar-refractivity contribution >= 4 is 33.2 Å². The number of carbonyl (C=O) groups is 1. The lowest BCUT2D eigenvalue weighted by atomic mass is 9.93. The van der Waals surface area contributed by atoms with Crippen LogP contribution in [0, 0.1) is 0 Å². The van der Waals surface area contributed by atoms with Gasteiger partial charge in [0.2, 0.25) is 15.9 Å². The van der Waals surface area contributed by atoms with Gasteiger partial charge in [0.25, 0.3) is 0 Å². The van der Waals surface area contributed by atoms with E-state index in [0.29, 0.717) is 22.6 Å². The van der Waals surface area contributed by atoms with Crippen molar-refractivity contribution in [3.63, 3.8) is 0 Å². The van der Waals surface area contributed by atoms with Crippen LogP contribution >= 0.6 is 11.6 Å². The van der Waals surface area contributed by atoms with Crippen molar-refractivity contribution < 1.29 is 28.5 Å². The highest BCUT2D eigenvalue weighted by Gasteiger charge is 2.21. The number of hydrogen-bond acceptors (Lipinski definition) is 7. The summed E-state index contributed by atoms with van der Waals surface area (Å²) in [4.78, 5) is 12.5. The number of aromatic hydroxyl groups is 2. The van der Waals surface area contributed by atoms with Crippen LogP contribution in [0.1, 0.15) is 42.2 Å². The molecule has 0 fully saturated rings. The first-order chi connectivity index (χ1) is 18.2. The summed E-state index contributed by atoms with van der Waals surface area (Å²) in [6.07, 6.45) is 0.854. The molecule has 9 nitrogen and oxygen atoms in total. The topological polar surface area (TPSA) is 148 Å². The fourth-order valence-electron chi connectivity index (χ4n) is 4.08. The number of nitrogens with one attached hydrogen (secondary N) is 3. The third-order valence-corrected chi connectivity index (χ3v) is 6.93. The molecule has 0 aliphatic heterocycles. The molecule has 0 spiro atoms. The fraction of sp³-hybridized carbons (Fsp3) is 0.321. The van der Waals surface area contributed by atoms with Gasteiger partial charge in [-0.3, -0.25) is 9.52 Å². The van der Waals surface area contributed by atoms with E-state index in [1.54, 1.807) is 6.07 Å². The zero-order chi connectivity index (χ0) is 28.8. The summed E-state index contributed by atoms with van der Waals surface area (Å²) in [6.45, 7) is 4.43. The van der Waals surface area contributed by atoms with Gasteiger partial charge >= 0.3 is 0 Å². The molecule has 1 atom stereocenters. The van der Waals surface area contributed by atoms with E-state index in [1.807, 2.05) is 38.1 Å². The maximum atomic E-state index is 12.5. The van der Waals surface area contributed by atoms with Gasteiger partial charge in [0.15, 0.2) is 0 Å². The summed E-state index contributed by atoms with van der Waals surface area (Å²) in [5.41, 5.74) is 2.61. The molecule has 0 saturated heterocycles. The van der Waals surface area contributed by atoms with Gasteiger partial charge in [0.1, 0.15) is 11.5 Å². The van der Waals surface area contributed by atoms with Crippen molar-refractivity contribution in [2.24, 2.45) is 0 Å². The summed E-state index contributed by atoms with van der Waals surface area (Å²) in [6, 6.07) is 16.6. The number of halogens is 1. The fourth-order valence-corrected chi connectivity index (χ4v) is 4.88. The lowest BCUT2D eigenvalue weighted by Crippen LogP contribution is -2.43. The van der Waals surface area contributed by atoms with Gasteiger partial charge in [-0.25, -0.2) is 8.42 Å². The zero-order valence-electron chi connectivity index (χ0n) is 22.0. The molecule has 0 aliphatic rings. The molecular formula is C28H34ClN3O6S. The molecule has 0 heterocycles. The van der Waals surface area contributed by atoms with Gasteiger partial charge in [-0.1, -0.05) is 48.0 Å². The Morgan fingerprint density at radius 3 is 2.44 bits per heavy atom. The summed E-state index contributed by atoms with van der Waals surface area (Å²) in [7, 11) is -3.59. The molecule has 3 aromatic rings. The monoisotopic (exact) mass is 575 g/mol. The van der Waals surface area contributed by atoms with Crippen molar-refractivity contribution in [1.82, 2.24) is 10.6 Å². The Labute approximate surface area is 233 Å². The first-order valence-electron chi connectivity index (χ1n) is 12.3. The Balaban J connectivity index is 1.55.